The molecule has 0 atom stereocenters. The summed E-state index contributed by atoms with van der Waals surface area (Å²) in [6.45, 7) is 0. The number of carboxylic acids is 1. The predicted molar refractivity (Wildman–Crippen MR) is 62.2 cm³/mol. The summed E-state index contributed by atoms with van der Waals surface area (Å²) in [7, 11) is 0. The second kappa shape index (κ2) is 3.92. The Labute approximate surface area is 103 Å². The van der Waals surface area contributed by atoms with Gasteiger partial charge in [-0.1, -0.05) is 11.6 Å². The molecule has 0 amide bonds. The highest BCUT2D eigenvalue weighted by molar-refractivity contribution is 9.10. The average Bonchev–Trinajstić information content (AvgIpc) is 2.19. The van der Waals surface area contributed by atoms with E-state index in [-0.39, 0.29) is 11.0 Å². The van der Waals surface area contributed by atoms with Crippen LogP contribution < -0.4 is 5.43 Å². The number of carboxylic acid groups (broad SMARTS) is 1. The third kappa shape index (κ3) is 1.83. The van der Waals surface area contributed by atoms with E-state index in [9.17, 15) is 9.59 Å². The van der Waals surface area contributed by atoms with Gasteiger partial charge >= 0.3 is 5.97 Å². The summed E-state index contributed by atoms with van der Waals surface area (Å²) in [5.74, 6) is -1.69. The van der Waals surface area contributed by atoms with E-state index in [4.69, 9.17) is 21.1 Å². The number of halogens is 2. The van der Waals surface area contributed by atoms with Crippen molar-refractivity contribution in [2.24, 2.45) is 0 Å². The Balaban J connectivity index is 2.93. The van der Waals surface area contributed by atoms with Gasteiger partial charge in [0.2, 0.25) is 5.76 Å². The standard InChI is InChI=1S/C10H4BrClO4/c11-6-2-4(12)1-5-7(13)3-8(10(14)15)16-9(5)6/h1-3H,(H,14,15). The first-order valence-corrected chi connectivity index (χ1v) is 5.32. The van der Waals surface area contributed by atoms with Crippen molar-refractivity contribution in [3.8, 4) is 0 Å². The summed E-state index contributed by atoms with van der Waals surface area (Å²) in [6.07, 6.45) is 0. The monoisotopic (exact) mass is 302 g/mol. The van der Waals surface area contributed by atoms with Gasteiger partial charge in [-0.05, 0) is 28.1 Å². The molecule has 2 aromatic rings. The Hall–Kier alpha value is -1.33. The lowest BCUT2D eigenvalue weighted by atomic mass is 10.2. The number of hydrogen-bond donors (Lipinski definition) is 1. The average molecular weight is 303 g/mol. The largest absolute Gasteiger partial charge is 0.475 e. The molecule has 0 aliphatic carbocycles. The Morgan fingerprint density at radius 2 is 2.06 bits per heavy atom. The van der Waals surface area contributed by atoms with Crippen LogP contribution in [0.3, 0.4) is 0 Å². The van der Waals surface area contributed by atoms with Crippen molar-refractivity contribution >= 4 is 44.5 Å². The van der Waals surface area contributed by atoms with Crippen LogP contribution in [-0.4, -0.2) is 11.1 Å². The van der Waals surface area contributed by atoms with Crippen molar-refractivity contribution in [1.82, 2.24) is 0 Å². The van der Waals surface area contributed by atoms with Crippen LogP contribution in [0.25, 0.3) is 11.0 Å². The molecule has 0 unspecified atom stereocenters. The number of benzene rings is 1. The van der Waals surface area contributed by atoms with E-state index in [1.54, 1.807) is 0 Å². The molecular formula is C10H4BrClO4. The zero-order valence-electron chi connectivity index (χ0n) is 7.66. The molecule has 0 fully saturated rings. The second-order valence-corrected chi connectivity index (χ2v) is 4.34. The van der Waals surface area contributed by atoms with Crippen LogP contribution in [0.1, 0.15) is 10.6 Å². The molecule has 0 saturated carbocycles. The Bertz CT molecular complexity index is 647. The maximum Gasteiger partial charge on any atom is 0.371 e. The van der Waals surface area contributed by atoms with E-state index in [0.29, 0.717) is 9.50 Å². The maximum atomic E-state index is 11.6. The highest BCUT2D eigenvalue weighted by Crippen LogP contribution is 2.26. The topological polar surface area (TPSA) is 67.5 Å². The van der Waals surface area contributed by atoms with E-state index >= 15 is 0 Å². The summed E-state index contributed by atoms with van der Waals surface area (Å²) >= 11 is 8.93. The number of fused-ring (bicyclic) bond motifs is 1. The van der Waals surface area contributed by atoms with Crippen LogP contribution in [0.4, 0.5) is 0 Å². The summed E-state index contributed by atoms with van der Waals surface area (Å²) in [5.41, 5.74) is -0.267. The van der Waals surface area contributed by atoms with Gasteiger partial charge in [0.1, 0.15) is 0 Å². The zero-order valence-corrected chi connectivity index (χ0v) is 10.0. The smallest absolute Gasteiger partial charge is 0.371 e. The van der Waals surface area contributed by atoms with Crippen LogP contribution >= 0.6 is 27.5 Å². The van der Waals surface area contributed by atoms with Crippen LogP contribution in [0, 0.1) is 0 Å². The third-order valence-corrected chi connectivity index (χ3v) is 2.77. The van der Waals surface area contributed by atoms with Gasteiger partial charge in [-0.2, -0.15) is 0 Å². The fourth-order valence-corrected chi connectivity index (χ4v) is 2.18. The number of aromatic carboxylic acids is 1. The molecule has 0 bridgehead atoms. The lowest BCUT2D eigenvalue weighted by molar-refractivity contribution is 0.0663. The molecule has 4 nitrogen and oxygen atoms in total. The summed E-state index contributed by atoms with van der Waals surface area (Å²) in [6, 6.07) is 3.88. The Kier molecular flexibility index (Phi) is 2.73. The second-order valence-electron chi connectivity index (χ2n) is 3.04. The van der Waals surface area contributed by atoms with E-state index in [1.165, 1.54) is 12.1 Å². The molecular weight excluding hydrogens is 299 g/mol. The molecule has 0 saturated heterocycles. The van der Waals surface area contributed by atoms with Gasteiger partial charge in [0.25, 0.3) is 0 Å². The minimum atomic E-state index is -1.29. The highest BCUT2D eigenvalue weighted by Gasteiger charge is 2.13. The molecule has 0 aliphatic rings. The van der Waals surface area contributed by atoms with Gasteiger partial charge < -0.3 is 9.52 Å². The first-order valence-electron chi connectivity index (χ1n) is 4.15. The molecule has 6 heteroatoms. The lowest BCUT2D eigenvalue weighted by Crippen LogP contribution is -2.06. The first-order chi connectivity index (χ1) is 7.49. The van der Waals surface area contributed by atoms with Gasteiger partial charge in [-0.25, -0.2) is 4.79 Å². The molecule has 0 spiro atoms. The molecule has 1 aromatic carbocycles. The van der Waals surface area contributed by atoms with Crippen LogP contribution in [0.2, 0.25) is 5.02 Å². The van der Waals surface area contributed by atoms with Crippen LogP contribution in [0.15, 0.2) is 31.9 Å². The molecule has 1 aromatic heterocycles. The molecule has 2 rings (SSSR count). The van der Waals surface area contributed by atoms with E-state index < -0.39 is 17.2 Å². The fraction of sp³-hybridized carbons (Fsp3) is 0. The molecule has 1 heterocycles. The Morgan fingerprint density at radius 3 is 2.69 bits per heavy atom. The summed E-state index contributed by atoms with van der Waals surface area (Å²) in [5, 5.41) is 9.35. The molecule has 82 valence electrons. The molecule has 1 N–H and O–H groups in total. The van der Waals surface area contributed by atoms with Crippen molar-refractivity contribution in [3.05, 3.63) is 43.7 Å². The SMILES string of the molecule is O=C(O)c1cc(=O)c2cc(Cl)cc(Br)c2o1. The van der Waals surface area contributed by atoms with Crippen molar-refractivity contribution < 1.29 is 14.3 Å². The zero-order chi connectivity index (χ0) is 11.9. The van der Waals surface area contributed by atoms with Gasteiger partial charge in [0.15, 0.2) is 11.0 Å². The number of hydrogen-bond acceptors (Lipinski definition) is 3. The van der Waals surface area contributed by atoms with Crippen LogP contribution in [-0.2, 0) is 0 Å². The Morgan fingerprint density at radius 1 is 1.38 bits per heavy atom. The lowest BCUT2D eigenvalue weighted by Gasteiger charge is -2.01. The van der Waals surface area contributed by atoms with Gasteiger partial charge in [-0.15, -0.1) is 0 Å². The van der Waals surface area contributed by atoms with Crippen molar-refractivity contribution in [2.45, 2.75) is 0 Å². The molecule has 16 heavy (non-hydrogen) atoms. The van der Waals surface area contributed by atoms with Crippen molar-refractivity contribution in [2.75, 3.05) is 0 Å². The maximum absolute atomic E-state index is 11.6. The predicted octanol–water partition coefficient (Wildman–Crippen LogP) is 2.91. The minimum absolute atomic E-state index is 0.175. The summed E-state index contributed by atoms with van der Waals surface area (Å²) in [4.78, 5) is 22.3. The quantitative estimate of drug-likeness (QED) is 0.879. The highest BCUT2D eigenvalue weighted by atomic mass is 79.9. The fourth-order valence-electron chi connectivity index (χ4n) is 1.29. The van der Waals surface area contributed by atoms with E-state index in [0.717, 1.165) is 6.07 Å². The van der Waals surface area contributed by atoms with Crippen molar-refractivity contribution in [1.29, 1.82) is 0 Å². The summed E-state index contributed by atoms with van der Waals surface area (Å²) < 4.78 is 5.52. The molecule has 0 radical (unpaired) electrons. The number of rotatable bonds is 1. The molecule has 0 aliphatic heterocycles. The normalized spacial score (nSPS) is 10.6. The van der Waals surface area contributed by atoms with Gasteiger partial charge in [0, 0.05) is 11.1 Å². The first kappa shape index (κ1) is 11.2. The van der Waals surface area contributed by atoms with Crippen molar-refractivity contribution in [3.63, 3.8) is 0 Å². The van der Waals surface area contributed by atoms with E-state index in [2.05, 4.69) is 15.9 Å². The third-order valence-electron chi connectivity index (χ3n) is 1.96. The van der Waals surface area contributed by atoms with Gasteiger partial charge in [0.05, 0.1) is 9.86 Å². The number of carbonyl (C=O) groups is 1. The van der Waals surface area contributed by atoms with Gasteiger partial charge in [-0.3, -0.25) is 4.79 Å². The van der Waals surface area contributed by atoms with E-state index in [1.807, 2.05) is 0 Å². The van der Waals surface area contributed by atoms with Crippen LogP contribution in [0.5, 0.6) is 0 Å². The minimum Gasteiger partial charge on any atom is -0.475 e.